The monoisotopic (exact) mass is 360 g/mol. The minimum absolute atomic E-state index is 0.0407. The first-order valence-electron chi connectivity index (χ1n) is 10.1. The van der Waals surface area contributed by atoms with E-state index in [4.69, 9.17) is 9.47 Å². The molecular weight excluding hydrogens is 328 g/mol. The third-order valence-electron chi connectivity index (χ3n) is 7.93. The maximum atomic E-state index is 10.9. The molecule has 0 aromatic heterocycles. The molecule has 3 saturated carbocycles. The van der Waals surface area contributed by atoms with Crippen molar-refractivity contribution in [3.05, 3.63) is 23.8 Å². The lowest BCUT2D eigenvalue weighted by atomic mass is 9.46. The van der Waals surface area contributed by atoms with Crippen molar-refractivity contribution in [2.75, 3.05) is 6.61 Å². The Labute approximate surface area is 156 Å². The van der Waals surface area contributed by atoms with Crippen molar-refractivity contribution in [2.24, 2.45) is 35.0 Å². The van der Waals surface area contributed by atoms with E-state index in [1.54, 1.807) is 0 Å². The van der Waals surface area contributed by atoms with Crippen LogP contribution < -0.4 is 0 Å². The second-order valence-corrected chi connectivity index (χ2v) is 9.38. The molecule has 1 saturated heterocycles. The number of carbonyl (C=O) groups is 1. The summed E-state index contributed by atoms with van der Waals surface area (Å²) in [6.45, 7) is 12.8. The van der Waals surface area contributed by atoms with E-state index in [1.807, 2.05) is 13.0 Å². The molecule has 4 nitrogen and oxygen atoms in total. The van der Waals surface area contributed by atoms with Gasteiger partial charge in [0.1, 0.15) is 18.8 Å². The summed E-state index contributed by atoms with van der Waals surface area (Å²) in [4.78, 5) is 10.9. The van der Waals surface area contributed by atoms with Crippen LogP contribution in [0.3, 0.4) is 0 Å². The molecule has 4 rings (SSSR count). The Morgan fingerprint density at radius 3 is 2.81 bits per heavy atom. The number of aliphatic hydroxyl groups excluding tert-OH is 1. The van der Waals surface area contributed by atoms with Gasteiger partial charge in [0.05, 0.1) is 6.10 Å². The molecule has 4 fully saturated rings. The zero-order valence-electron chi connectivity index (χ0n) is 16.4. The maximum Gasteiger partial charge on any atom is 0.302 e. The number of epoxide rings is 1. The Morgan fingerprint density at radius 1 is 1.38 bits per heavy atom. The number of carbonyl (C=O) groups excluding carboxylic acids is 1. The molecule has 0 amide bonds. The molecule has 4 aliphatic rings. The fraction of sp³-hybridized carbons (Fsp3) is 0.773. The molecule has 0 unspecified atom stereocenters. The van der Waals surface area contributed by atoms with Gasteiger partial charge < -0.3 is 14.6 Å². The average molecular weight is 360 g/mol. The minimum atomic E-state index is -0.264. The summed E-state index contributed by atoms with van der Waals surface area (Å²) in [6.07, 6.45) is 5.34. The van der Waals surface area contributed by atoms with Gasteiger partial charge in [-0.2, -0.15) is 0 Å². The van der Waals surface area contributed by atoms with Crippen LogP contribution in [0.2, 0.25) is 0 Å². The zero-order chi connectivity index (χ0) is 18.8. The zero-order valence-corrected chi connectivity index (χ0v) is 16.4. The van der Waals surface area contributed by atoms with Crippen LogP contribution in [0.15, 0.2) is 23.8 Å². The third kappa shape index (κ3) is 2.60. The van der Waals surface area contributed by atoms with Crippen LogP contribution in [-0.4, -0.2) is 36.0 Å². The number of hydrogen-bond donors (Lipinski definition) is 1. The normalized spacial score (nSPS) is 49.2. The van der Waals surface area contributed by atoms with Crippen LogP contribution in [0, 0.1) is 35.0 Å². The maximum absolute atomic E-state index is 10.9. The van der Waals surface area contributed by atoms with E-state index in [1.165, 1.54) is 19.8 Å². The van der Waals surface area contributed by atoms with Gasteiger partial charge in [0.15, 0.2) is 0 Å². The molecule has 0 spiro atoms. The van der Waals surface area contributed by atoms with E-state index < -0.39 is 0 Å². The van der Waals surface area contributed by atoms with Crippen LogP contribution in [0.25, 0.3) is 0 Å². The fourth-order valence-electron chi connectivity index (χ4n) is 6.60. The highest BCUT2D eigenvalue weighted by molar-refractivity contribution is 5.66. The molecule has 0 radical (unpaired) electrons. The molecule has 0 aromatic rings. The Hall–Kier alpha value is -1.13. The number of hydrogen-bond acceptors (Lipinski definition) is 4. The summed E-state index contributed by atoms with van der Waals surface area (Å²) in [5.41, 5.74) is 2.25. The lowest BCUT2D eigenvalue weighted by Crippen LogP contribution is -2.57. The van der Waals surface area contributed by atoms with Crippen LogP contribution in [-0.2, 0) is 14.3 Å². The van der Waals surface area contributed by atoms with Gasteiger partial charge >= 0.3 is 5.97 Å². The van der Waals surface area contributed by atoms with Crippen LogP contribution in [0.1, 0.15) is 47.0 Å². The standard InChI is InChI=1S/C22H32O4/c1-11(10-25-14(4)23)8-17-21(26-17)13(3)15-9-18(24)22(5)16-7-6-12(2)19(16)20(15)22/h8,12,15-21,24H,3,6-7,9-10H2,1-2,4-5H3/b11-8+/t12-,15+,16+,17-,18-,19-,20+,21-,22+/m1/s1. The predicted molar refractivity (Wildman–Crippen MR) is 99.3 cm³/mol. The van der Waals surface area contributed by atoms with E-state index in [-0.39, 0.29) is 29.7 Å². The number of rotatable bonds is 5. The summed E-state index contributed by atoms with van der Waals surface area (Å²) in [7, 11) is 0. The van der Waals surface area contributed by atoms with Crippen molar-refractivity contribution in [3.63, 3.8) is 0 Å². The molecule has 1 aliphatic heterocycles. The van der Waals surface area contributed by atoms with Gasteiger partial charge in [-0.05, 0) is 60.5 Å². The van der Waals surface area contributed by atoms with Crippen molar-refractivity contribution in [1.82, 2.24) is 0 Å². The SMILES string of the molecule is C=C([C@H]1O[C@@H]1/C=C(\C)COC(C)=O)[C@@H]1C[C@@H](O)[C@@]2(C)[C@@H]1[C@@H]1[C@H](C)CC[C@@H]12. The summed E-state index contributed by atoms with van der Waals surface area (Å²) in [5, 5.41) is 10.8. The quantitative estimate of drug-likeness (QED) is 0.463. The van der Waals surface area contributed by atoms with Gasteiger partial charge in [-0.3, -0.25) is 4.79 Å². The second kappa shape index (κ2) is 6.20. The van der Waals surface area contributed by atoms with Gasteiger partial charge in [-0.1, -0.05) is 32.9 Å². The molecule has 9 atom stereocenters. The summed E-state index contributed by atoms with van der Waals surface area (Å²) in [6, 6.07) is 0. The second-order valence-electron chi connectivity index (χ2n) is 9.38. The lowest BCUT2D eigenvalue weighted by molar-refractivity contribution is -0.143. The summed E-state index contributed by atoms with van der Waals surface area (Å²) in [5.74, 6) is 2.87. The number of fused-ring (bicyclic) bond motifs is 4. The number of ether oxygens (including phenoxy) is 2. The Morgan fingerprint density at radius 2 is 2.12 bits per heavy atom. The summed E-state index contributed by atoms with van der Waals surface area (Å²) >= 11 is 0. The number of esters is 1. The third-order valence-corrected chi connectivity index (χ3v) is 7.93. The first kappa shape index (κ1) is 18.2. The van der Waals surface area contributed by atoms with Crippen molar-refractivity contribution in [1.29, 1.82) is 0 Å². The first-order valence-corrected chi connectivity index (χ1v) is 10.1. The van der Waals surface area contributed by atoms with Crippen LogP contribution in [0.4, 0.5) is 0 Å². The Balaban J connectivity index is 1.42. The van der Waals surface area contributed by atoms with Crippen molar-refractivity contribution < 1.29 is 19.4 Å². The molecule has 0 bridgehead atoms. The largest absolute Gasteiger partial charge is 0.461 e. The van der Waals surface area contributed by atoms with Crippen LogP contribution >= 0.6 is 0 Å². The van der Waals surface area contributed by atoms with Gasteiger partial charge in [0.2, 0.25) is 0 Å². The fourth-order valence-corrected chi connectivity index (χ4v) is 6.60. The van der Waals surface area contributed by atoms with Crippen LogP contribution in [0.5, 0.6) is 0 Å². The summed E-state index contributed by atoms with van der Waals surface area (Å²) < 4.78 is 10.9. The molecular formula is C22H32O4. The lowest BCUT2D eigenvalue weighted by Gasteiger charge is -2.58. The molecule has 3 aliphatic carbocycles. The Bertz CT molecular complexity index is 653. The molecule has 1 heterocycles. The van der Waals surface area contributed by atoms with Gasteiger partial charge in [-0.25, -0.2) is 0 Å². The molecule has 1 N–H and O–H groups in total. The van der Waals surface area contributed by atoms with Crippen molar-refractivity contribution in [2.45, 2.75) is 65.3 Å². The predicted octanol–water partition coefficient (Wildman–Crippen LogP) is 3.50. The first-order chi connectivity index (χ1) is 12.2. The van der Waals surface area contributed by atoms with Gasteiger partial charge in [0.25, 0.3) is 0 Å². The molecule has 26 heavy (non-hydrogen) atoms. The molecule has 144 valence electrons. The van der Waals surface area contributed by atoms with Crippen molar-refractivity contribution >= 4 is 5.97 Å². The van der Waals surface area contributed by atoms with Crippen molar-refractivity contribution in [3.8, 4) is 0 Å². The molecule has 0 aromatic carbocycles. The average Bonchev–Trinajstić information content (AvgIpc) is 3.19. The smallest absolute Gasteiger partial charge is 0.302 e. The van der Waals surface area contributed by atoms with Gasteiger partial charge in [0, 0.05) is 12.3 Å². The number of aliphatic hydroxyl groups is 1. The van der Waals surface area contributed by atoms with Gasteiger partial charge in [-0.15, -0.1) is 0 Å². The molecule has 4 heteroatoms. The highest BCUT2D eigenvalue weighted by Crippen LogP contribution is 2.73. The Kier molecular flexibility index (Phi) is 4.35. The van der Waals surface area contributed by atoms with E-state index in [2.05, 4.69) is 20.4 Å². The van der Waals surface area contributed by atoms with E-state index >= 15 is 0 Å². The highest BCUT2D eigenvalue weighted by Gasteiger charge is 2.71. The van der Waals surface area contributed by atoms with E-state index in [9.17, 15) is 9.90 Å². The topological polar surface area (TPSA) is 59.1 Å². The van der Waals surface area contributed by atoms with E-state index in [0.717, 1.165) is 29.4 Å². The highest BCUT2D eigenvalue weighted by atomic mass is 16.6. The minimum Gasteiger partial charge on any atom is -0.461 e. The van der Waals surface area contributed by atoms with E-state index in [0.29, 0.717) is 24.4 Å².